The van der Waals surface area contributed by atoms with Crippen molar-refractivity contribution in [3.05, 3.63) is 41.7 Å². The summed E-state index contributed by atoms with van der Waals surface area (Å²) in [5, 5.41) is 7.22. The van der Waals surface area contributed by atoms with Gasteiger partial charge < -0.3 is 10.3 Å². The van der Waals surface area contributed by atoms with E-state index in [1.54, 1.807) is 4.68 Å². The molecule has 7 nitrogen and oxygen atoms in total. The Morgan fingerprint density at radius 3 is 2.84 bits per heavy atom. The molecule has 0 aliphatic carbocycles. The van der Waals surface area contributed by atoms with Crippen LogP contribution in [0.5, 0.6) is 0 Å². The maximum atomic E-state index is 12.6. The predicted molar refractivity (Wildman–Crippen MR) is 95.9 cm³/mol. The molecular formula is C18H24N6O. The maximum Gasteiger partial charge on any atom is 0.225 e. The van der Waals surface area contributed by atoms with Crippen molar-refractivity contribution >= 4 is 16.9 Å². The molecule has 0 aliphatic rings. The van der Waals surface area contributed by atoms with E-state index in [0.717, 1.165) is 34.7 Å². The first kappa shape index (κ1) is 17.1. The van der Waals surface area contributed by atoms with Gasteiger partial charge in [-0.2, -0.15) is 5.10 Å². The minimum atomic E-state index is -0.141. The van der Waals surface area contributed by atoms with Crippen LogP contribution in [0.25, 0.3) is 11.0 Å². The van der Waals surface area contributed by atoms with Crippen LogP contribution in [0.15, 0.2) is 24.5 Å². The monoisotopic (exact) mass is 340 g/mol. The van der Waals surface area contributed by atoms with E-state index >= 15 is 0 Å². The van der Waals surface area contributed by atoms with Crippen LogP contribution in [0.1, 0.15) is 43.5 Å². The predicted octanol–water partition coefficient (Wildman–Crippen LogP) is 2.45. The van der Waals surface area contributed by atoms with Crippen LogP contribution in [0, 0.1) is 12.8 Å². The highest BCUT2D eigenvalue weighted by atomic mass is 16.1. The summed E-state index contributed by atoms with van der Waals surface area (Å²) in [6.07, 6.45) is 2.65. The first-order valence-corrected chi connectivity index (χ1v) is 8.51. The van der Waals surface area contributed by atoms with E-state index < -0.39 is 0 Å². The summed E-state index contributed by atoms with van der Waals surface area (Å²) in [7, 11) is 1.84. The molecule has 7 heteroatoms. The Bertz CT molecular complexity index is 879. The Kier molecular flexibility index (Phi) is 4.83. The molecule has 0 bridgehead atoms. The highest BCUT2D eigenvalue weighted by molar-refractivity contribution is 5.82. The van der Waals surface area contributed by atoms with Gasteiger partial charge in [0.2, 0.25) is 5.91 Å². The molecule has 1 aromatic carbocycles. The van der Waals surface area contributed by atoms with Gasteiger partial charge >= 0.3 is 0 Å². The van der Waals surface area contributed by atoms with Gasteiger partial charge in [0.15, 0.2) is 0 Å². The van der Waals surface area contributed by atoms with Crippen molar-refractivity contribution in [3.8, 4) is 0 Å². The van der Waals surface area contributed by atoms with Crippen LogP contribution >= 0.6 is 0 Å². The van der Waals surface area contributed by atoms with Gasteiger partial charge in [-0.05, 0) is 37.0 Å². The first-order chi connectivity index (χ1) is 11.9. The number of H-pyrrole nitrogens is 1. The smallest absolute Gasteiger partial charge is 0.225 e. The first-order valence-electron chi connectivity index (χ1n) is 8.51. The summed E-state index contributed by atoms with van der Waals surface area (Å²) in [5.74, 6) is 2.06. The zero-order valence-corrected chi connectivity index (χ0v) is 15.1. The molecule has 0 spiro atoms. The van der Waals surface area contributed by atoms with Gasteiger partial charge in [0.1, 0.15) is 18.0 Å². The molecular weight excluding hydrogens is 316 g/mol. The van der Waals surface area contributed by atoms with Crippen molar-refractivity contribution in [2.75, 3.05) is 0 Å². The van der Waals surface area contributed by atoms with Gasteiger partial charge in [0.05, 0.1) is 23.5 Å². The van der Waals surface area contributed by atoms with Gasteiger partial charge in [-0.1, -0.05) is 19.9 Å². The number of hydrogen-bond acceptors (Lipinski definition) is 4. The standard InChI is InChI=1S/C18H24N6O/c1-11(2)7-16(18-19-10-20-24(18)4)23-17(25)9-13-5-6-14-15(8-13)22-12(3)21-14/h5-6,8,10-11,16H,7,9H2,1-4H3,(H,21,22)(H,23,25)/t16-/m0/s1. The van der Waals surface area contributed by atoms with Crippen LogP contribution in [0.4, 0.5) is 0 Å². The molecule has 2 heterocycles. The number of nitrogens with zero attached hydrogens (tertiary/aromatic N) is 4. The lowest BCUT2D eigenvalue weighted by Crippen LogP contribution is -2.32. The summed E-state index contributed by atoms with van der Waals surface area (Å²) < 4.78 is 1.72. The molecule has 1 amide bonds. The van der Waals surface area contributed by atoms with Gasteiger partial charge in [0.25, 0.3) is 0 Å². The Morgan fingerprint density at radius 2 is 2.16 bits per heavy atom. The fourth-order valence-electron chi connectivity index (χ4n) is 3.05. The second-order valence-electron chi connectivity index (χ2n) is 6.84. The highest BCUT2D eigenvalue weighted by Gasteiger charge is 2.20. The third-order valence-electron chi connectivity index (χ3n) is 4.13. The lowest BCUT2D eigenvalue weighted by atomic mass is 10.0. The maximum absolute atomic E-state index is 12.6. The number of aryl methyl sites for hydroxylation is 2. The molecule has 0 fully saturated rings. The van der Waals surface area contributed by atoms with Crippen LogP contribution in [0.3, 0.4) is 0 Å². The van der Waals surface area contributed by atoms with Crippen LogP contribution in [-0.2, 0) is 18.3 Å². The van der Waals surface area contributed by atoms with Crippen molar-refractivity contribution in [3.63, 3.8) is 0 Å². The number of carbonyl (C=O) groups is 1. The average molecular weight is 340 g/mol. The molecule has 132 valence electrons. The second kappa shape index (κ2) is 7.04. The molecule has 0 saturated heterocycles. The lowest BCUT2D eigenvalue weighted by Gasteiger charge is -2.19. The number of aromatic amines is 1. The number of carbonyl (C=O) groups excluding carboxylic acids is 1. The zero-order chi connectivity index (χ0) is 18.0. The Morgan fingerprint density at radius 1 is 1.36 bits per heavy atom. The SMILES string of the molecule is Cc1nc2ccc(CC(=O)N[C@@H](CC(C)C)c3ncnn3C)cc2[nH]1. The number of rotatable bonds is 6. The summed E-state index contributed by atoms with van der Waals surface area (Å²) in [6.45, 7) is 6.18. The van der Waals surface area contributed by atoms with Crippen LogP contribution in [-0.4, -0.2) is 30.6 Å². The van der Waals surface area contributed by atoms with Crippen LogP contribution < -0.4 is 5.32 Å². The van der Waals surface area contributed by atoms with Crippen LogP contribution in [0.2, 0.25) is 0 Å². The molecule has 25 heavy (non-hydrogen) atoms. The van der Waals surface area contributed by atoms with Crippen molar-refractivity contribution in [2.45, 2.75) is 39.7 Å². The van der Waals surface area contributed by atoms with Gasteiger partial charge in [0, 0.05) is 7.05 Å². The van der Waals surface area contributed by atoms with E-state index in [2.05, 4.69) is 39.2 Å². The lowest BCUT2D eigenvalue weighted by molar-refractivity contribution is -0.121. The largest absolute Gasteiger partial charge is 0.346 e. The summed E-state index contributed by atoms with van der Waals surface area (Å²) >= 11 is 0. The van der Waals surface area contributed by atoms with Gasteiger partial charge in [-0.15, -0.1) is 0 Å². The zero-order valence-electron chi connectivity index (χ0n) is 15.1. The minimum absolute atomic E-state index is 0.0239. The number of amides is 1. The molecule has 2 N–H and O–H groups in total. The summed E-state index contributed by atoms with van der Waals surface area (Å²) in [6, 6.07) is 5.73. The van der Waals surface area contributed by atoms with E-state index in [-0.39, 0.29) is 11.9 Å². The number of benzene rings is 1. The third kappa shape index (κ3) is 4.04. The molecule has 0 unspecified atom stereocenters. The van der Waals surface area contributed by atoms with E-state index in [1.165, 1.54) is 6.33 Å². The molecule has 0 saturated carbocycles. The van der Waals surface area contributed by atoms with E-state index in [0.29, 0.717) is 12.3 Å². The normalized spacial score (nSPS) is 12.7. The molecule has 0 radical (unpaired) electrons. The van der Waals surface area contributed by atoms with E-state index in [4.69, 9.17) is 0 Å². The molecule has 1 atom stereocenters. The highest BCUT2D eigenvalue weighted by Crippen LogP contribution is 2.19. The molecule has 3 rings (SSSR count). The number of fused-ring (bicyclic) bond motifs is 1. The van der Waals surface area contributed by atoms with Gasteiger partial charge in [-0.25, -0.2) is 9.97 Å². The minimum Gasteiger partial charge on any atom is -0.346 e. The average Bonchev–Trinajstić information content (AvgIpc) is 3.10. The fourth-order valence-corrected chi connectivity index (χ4v) is 3.05. The van der Waals surface area contributed by atoms with Crippen molar-refractivity contribution < 1.29 is 4.79 Å². The van der Waals surface area contributed by atoms with Crippen molar-refractivity contribution in [2.24, 2.45) is 13.0 Å². The quantitative estimate of drug-likeness (QED) is 0.721. The third-order valence-corrected chi connectivity index (χ3v) is 4.13. The van der Waals surface area contributed by atoms with Gasteiger partial charge in [-0.3, -0.25) is 9.48 Å². The second-order valence-corrected chi connectivity index (χ2v) is 6.84. The number of nitrogens with one attached hydrogen (secondary N) is 2. The summed E-state index contributed by atoms with van der Waals surface area (Å²) in [5.41, 5.74) is 2.82. The number of hydrogen-bond donors (Lipinski definition) is 2. The van der Waals surface area contributed by atoms with Crippen molar-refractivity contribution in [1.82, 2.24) is 30.0 Å². The Hall–Kier alpha value is -2.70. The Labute approximate surface area is 146 Å². The van der Waals surface area contributed by atoms with E-state index in [1.807, 2.05) is 32.2 Å². The summed E-state index contributed by atoms with van der Waals surface area (Å²) in [4.78, 5) is 24.4. The number of aromatic nitrogens is 5. The molecule has 2 aromatic heterocycles. The molecule has 3 aromatic rings. The Balaban J connectivity index is 1.73. The van der Waals surface area contributed by atoms with Crippen molar-refractivity contribution in [1.29, 1.82) is 0 Å². The molecule has 0 aliphatic heterocycles. The number of imidazole rings is 1. The topological polar surface area (TPSA) is 88.5 Å². The van der Waals surface area contributed by atoms with E-state index in [9.17, 15) is 4.79 Å². The fraction of sp³-hybridized carbons (Fsp3) is 0.444.